The summed E-state index contributed by atoms with van der Waals surface area (Å²) >= 11 is 5.34. The summed E-state index contributed by atoms with van der Waals surface area (Å²) in [5.74, 6) is 0.439. The van der Waals surface area contributed by atoms with E-state index in [9.17, 15) is 5.26 Å². The Bertz CT molecular complexity index is 581. The molecule has 17 heavy (non-hydrogen) atoms. The zero-order valence-corrected chi connectivity index (χ0v) is 11.0. The molecule has 2 heterocycles. The third-order valence-electron chi connectivity index (χ3n) is 3.17. The molecule has 5 heteroatoms. The molecule has 1 aromatic heterocycles. The van der Waals surface area contributed by atoms with E-state index in [1.54, 1.807) is 11.6 Å². The molecule has 0 aliphatic carbocycles. The highest BCUT2D eigenvalue weighted by Gasteiger charge is 2.30. The number of anilines is 1. The fraction of sp³-hybridized carbons (Fsp3) is 0.500. The molecule has 0 atom stereocenters. The summed E-state index contributed by atoms with van der Waals surface area (Å²) in [7, 11) is 1.78. The maximum Gasteiger partial charge on any atom is 0.122 e. The monoisotopic (exact) mass is 249 g/mol. The van der Waals surface area contributed by atoms with Gasteiger partial charge in [0.1, 0.15) is 16.5 Å². The van der Waals surface area contributed by atoms with Crippen molar-refractivity contribution >= 4 is 18.0 Å². The first kappa shape index (κ1) is 12.1. The lowest BCUT2D eigenvalue weighted by Crippen LogP contribution is -2.33. The second kappa shape index (κ2) is 3.83. The van der Waals surface area contributed by atoms with Crippen LogP contribution in [0.25, 0.3) is 0 Å². The van der Waals surface area contributed by atoms with Gasteiger partial charge in [0.25, 0.3) is 0 Å². The van der Waals surface area contributed by atoms with Crippen molar-refractivity contribution in [2.45, 2.75) is 32.5 Å². The van der Waals surface area contributed by atoms with Gasteiger partial charge in [0.2, 0.25) is 0 Å². The highest BCUT2D eigenvalue weighted by Crippen LogP contribution is 2.32. The number of pyridine rings is 1. The third-order valence-corrected chi connectivity index (χ3v) is 3.69. The van der Waals surface area contributed by atoms with Gasteiger partial charge in [-0.25, -0.2) is 0 Å². The minimum atomic E-state index is -0.271. The third kappa shape index (κ3) is 1.84. The summed E-state index contributed by atoms with van der Waals surface area (Å²) in [6, 6.07) is 2.18. The average molecular weight is 249 g/mol. The van der Waals surface area contributed by atoms with Crippen molar-refractivity contribution in [1.29, 1.82) is 5.26 Å². The SMILES string of the molecule is Cn1c(N)c(C#N)c2c(c1=S)COC(C)(C)C2. The van der Waals surface area contributed by atoms with Gasteiger partial charge >= 0.3 is 0 Å². The number of fused-ring (bicyclic) bond motifs is 1. The maximum absolute atomic E-state index is 9.24. The van der Waals surface area contributed by atoms with Crippen molar-refractivity contribution in [3.63, 3.8) is 0 Å². The van der Waals surface area contributed by atoms with E-state index in [1.165, 1.54) is 0 Å². The Morgan fingerprint density at radius 1 is 1.47 bits per heavy atom. The van der Waals surface area contributed by atoms with E-state index in [0.717, 1.165) is 11.1 Å². The van der Waals surface area contributed by atoms with Crippen LogP contribution in [0.2, 0.25) is 0 Å². The molecule has 90 valence electrons. The first-order chi connectivity index (χ1) is 7.87. The summed E-state index contributed by atoms with van der Waals surface area (Å²) < 4.78 is 8.07. The van der Waals surface area contributed by atoms with E-state index in [0.29, 0.717) is 29.0 Å². The van der Waals surface area contributed by atoms with Crippen LogP contribution in [0.15, 0.2) is 0 Å². The van der Waals surface area contributed by atoms with Crippen LogP contribution >= 0.6 is 12.2 Å². The summed E-state index contributed by atoms with van der Waals surface area (Å²) in [6.07, 6.45) is 0.667. The highest BCUT2D eigenvalue weighted by atomic mass is 32.1. The van der Waals surface area contributed by atoms with Crippen LogP contribution in [-0.2, 0) is 24.8 Å². The molecule has 1 aromatic rings. The first-order valence-electron chi connectivity index (χ1n) is 5.41. The number of hydrogen-bond donors (Lipinski definition) is 1. The van der Waals surface area contributed by atoms with E-state index in [2.05, 4.69) is 6.07 Å². The maximum atomic E-state index is 9.24. The fourth-order valence-electron chi connectivity index (χ4n) is 2.13. The van der Waals surface area contributed by atoms with Crippen LogP contribution in [0, 0.1) is 16.0 Å². The second-order valence-corrected chi connectivity index (χ2v) is 5.31. The lowest BCUT2D eigenvalue weighted by atomic mass is 9.89. The predicted molar refractivity (Wildman–Crippen MR) is 67.9 cm³/mol. The molecule has 1 aliphatic heterocycles. The number of nitrogen functional groups attached to an aromatic ring is 1. The van der Waals surface area contributed by atoms with Crippen LogP contribution in [0.1, 0.15) is 30.5 Å². The largest absolute Gasteiger partial charge is 0.384 e. The van der Waals surface area contributed by atoms with Crippen LogP contribution in [0.5, 0.6) is 0 Å². The minimum Gasteiger partial charge on any atom is -0.384 e. The molecule has 0 saturated carbocycles. The van der Waals surface area contributed by atoms with Gasteiger partial charge in [-0.1, -0.05) is 12.2 Å². The topological polar surface area (TPSA) is 64.0 Å². The van der Waals surface area contributed by atoms with Crippen molar-refractivity contribution < 1.29 is 4.74 Å². The van der Waals surface area contributed by atoms with Crippen LogP contribution in [-0.4, -0.2) is 10.2 Å². The zero-order chi connectivity index (χ0) is 12.8. The van der Waals surface area contributed by atoms with E-state index in [-0.39, 0.29) is 5.60 Å². The van der Waals surface area contributed by atoms with Crippen molar-refractivity contribution in [1.82, 2.24) is 4.57 Å². The molecule has 0 aromatic carbocycles. The second-order valence-electron chi connectivity index (χ2n) is 4.92. The van der Waals surface area contributed by atoms with E-state index < -0.39 is 0 Å². The Balaban J connectivity index is 2.77. The molecule has 4 nitrogen and oxygen atoms in total. The fourth-order valence-corrected chi connectivity index (χ4v) is 2.41. The van der Waals surface area contributed by atoms with E-state index in [1.807, 2.05) is 13.8 Å². The number of aromatic nitrogens is 1. The van der Waals surface area contributed by atoms with Crippen LogP contribution in [0.4, 0.5) is 5.82 Å². The Labute approximate surface area is 106 Å². The van der Waals surface area contributed by atoms with Gasteiger partial charge in [-0.2, -0.15) is 5.26 Å². The van der Waals surface area contributed by atoms with Crippen molar-refractivity contribution in [2.24, 2.45) is 7.05 Å². The number of hydrogen-bond acceptors (Lipinski definition) is 4. The van der Waals surface area contributed by atoms with Crippen molar-refractivity contribution in [3.05, 3.63) is 21.3 Å². The summed E-state index contributed by atoms with van der Waals surface area (Å²) in [6.45, 7) is 4.45. The minimum absolute atomic E-state index is 0.271. The smallest absolute Gasteiger partial charge is 0.122 e. The number of rotatable bonds is 0. The highest BCUT2D eigenvalue weighted by molar-refractivity contribution is 7.71. The Hall–Kier alpha value is -1.38. The molecular formula is C12H15N3OS. The molecule has 0 amide bonds. The summed E-state index contributed by atoms with van der Waals surface area (Å²) in [5, 5.41) is 9.24. The van der Waals surface area contributed by atoms with Gasteiger partial charge in [0.05, 0.1) is 17.8 Å². The van der Waals surface area contributed by atoms with Crippen molar-refractivity contribution in [2.75, 3.05) is 5.73 Å². The number of nitriles is 1. The summed E-state index contributed by atoms with van der Waals surface area (Å²) in [4.78, 5) is 0. The zero-order valence-electron chi connectivity index (χ0n) is 10.2. The number of ether oxygens (including phenoxy) is 1. The molecular weight excluding hydrogens is 234 g/mol. The lowest BCUT2D eigenvalue weighted by Gasteiger charge is -2.33. The molecule has 0 saturated heterocycles. The predicted octanol–water partition coefficient (Wildman–Crippen LogP) is 2.06. The summed E-state index contributed by atoms with van der Waals surface area (Å²) in [5.41, 5.74) is 8.08. The normalized spacial score (nSPS) is 17.3. The molecule has 0 radical (unpaired) electrons. The molecule has 0 bridgehead atoms. The van der Waals surface area contributed by atoms with Gasteiger partial charge in [0, 0.05) is 19.0 Å². The molecule has 2 N–H and O–H groups in total. The lowest BCUT2D eigenvalue weighted by molar-refractivity contribution is -0.0406. The van der Waals surface area contributed by atoms with Gasteiger partial charge in [-0.05, 0) is 19.4 Å². The number of nitrogens with zero attached hydrogens (tertiary/aromatic N) is 2. The Kier molecular flexibility index (Phi) is 2.72. The van der Waals surface area contributed by atoms with Gasteiger partial charge in [-0.3, -0.25) is 0 Å². The molecule has 0 fully saturated rings. The Morgan fingerprint density at radius 2 is 2.12 bits per heavy atom. The van der Waals surface area contributed by atoms with E-state index >= 15 is 0 Å². The van der Waals surface area contributed by atoms with E-state index in [4.69, 9.17) is 22.7 Å². The van der Waals surface area contributed by atoms with Crippen molar-refractivity contribution in [3.8, 4) is 6.07 Å². The van der Waals surface area contributed by atoms with Gasteiger partial charge in [-0.15, -0.1) is 0 Å². The Morgan fingerprint density at radius 3 is 2.71 bits per heavy atom. The van der Waals surface area contributed by atoms with Gasteiger partial charge in [0.15, 0.2) is 0 Å². The standard InChI is InChI=1S/C12H15N3OS/c1-12(2)4-7-8(5-13)10(14)15(3)11(17)9(7)6-16-12/h4,6,14H2,1-3H3. The first-order valence-corrected chi connectivity index (χ1v) is 5.82. The molecule has 1 aliphatic rings. The quantitative estimate of drug-likeness (QED) is 0.715. The van der Waals surface area contributed by atoms with Gasteiger partial charge < -0.3 is 15.0 Å². The van der Waals surface area contributed by atoms with Crippen LogP contribution < -0.4 is 5.73 Å². The molecule has 2 rings (SSSR count). The number of nitrogens with two attached hydrogens (primary N) is 1. The molecule has 0 spiro atoms. The van der Waals surface area contributed by atoms with Crippen LogP contribution in [0.3, 0.4) is 0 Å². The average Bonchev–Trinajstić information content (AvgIpc) is 2.26. The molecule has 0 unspecified atom stereocenters.